The molecule has 0 saturated heterocycles. The number of nitrogens with one attached hydrogen (secondary N) is 1. The van der Waals surface area contributed by atoms with Crippen molar-refractivity contribution in [3.8, 4) is 0 Å². The van der Waals surface area contributed by atoms with Gasteiger partial charge in [-0.25, -0.2) is 4.98 Å². The van der Waals surface area contributed by atoms with Crippen LogP contribution in [0.15, 0.2) is 18.2 Å². The van der Waals surface area contributed by atoms with Gasteiger partial charge in [-0.05, 0) is 31.4 Å². The van der Waals surface area contributed by atoms with Crippen molar-refractivity contribution < 1.29 is 4.79 Å². The third-order valence-corrected chi connectivity index (χ3v) is 2.90. The standard InChI is InChI=1S/C11H16N4O/c12-7-3-1-4-8(7)14-10-6-2-5-9(15-10)11(13)16/h2,5-8H,1,3-4,12H2,(H2,13,16)(H,14,15). The molecule has 1 aliphatic carbocycles. The molecule has 5 nitrogen and oxygen atoms in total. The van der Waals surface area contributed by atoms with Crippen LogP contribution in [0.2, 0.25) is 0 Å². The Labute approximate surface area is 94.2 Å². The minimum absolute atomic E-state index is 0.166. The third-order valence-electron chi connectivity index (χ3n) is 2.90. The molecule has 0 aromatic carbocycles. The molecule has 1 fully saturated rings. The van der Waals surface area contributed by atoms with E-state index in [4.69, 9.17) is 11.5 Å². The molecule has 0 bridgehead atoms. The highest BCUT2D eigenvalue weighted by Gasteiger charge is 2.23. The number of pyridine rings is 1. The van der Waals surface area contributed by atoms with Crippen molar-refractivity contribution in [1.82, 2.24) is 4.98 Å². The maximum absolute atomic E-state index is 11.0. The van der Waals surface area contributed by atoms with E-state index in [2.05, 4.69) is 10.3 Å². The molecule has 5 N–H and O–H groups in total. The zero-order chi connectivity index (χ0) is 11.5. The van der Waals surface area contributed by atoms with Crippen LogP contribution < -0.4 is 16.8 Å². The Morgan fingerprint density at radius 2 is 2.25 bits per heavy atom. The van der Waals surface area contributed by atoms with Gasteiger partial charge in [0.15, 0.2) is 0 Å². The average Bonchev–Trinajstić information content (AvgIpc) is 2.65. The molecule has 1 aliphatic rings. The van der Waals surface area contributed by atoms with Crippen molar-refractivity contribution in [1.29, 1.82) is 0 Å². The number of amides is 1. The molecular weight excluding hydrogens is 204 g/mol. The van der Waals surface area contributed by atoms with Crippen LogP contribution in [-0.4, -0.2) is 23.0 Å². The number of nitrogens with two attached hydrogens (primary N) is 2. The fraction of sp³-hybridized carbons (Fsp3) is 0.455. The number of hydrogen-bond acceptors (Lipinski definition) is 4. The molecule has 1 aromatic heterocycles. The van der Waals surface area contributed by atoms with Crippen LogP contribution in [0.4, 0.5) is 5.82 Å². The first-order valence-corrected chi connectivity index (χ1v) is 5.46. The van der Waals surface area contributed by atoms with E-state index in [1.807, 2.05) is 6.07 Å². The summed E-state index contributed by atoms with van der Waals surface area (Å²) in [5.74, 6) is 0.151. The molecule has 2 atom stereocenters. The van der Waals surface area contributed by atoms with Gasteiger partial charge in [-0.15, -0.1) is 0 Å². The predicted octanol–water partition coefficient (Wildman–Crippen LogP) is 0.472. The van der Waals surface area contributed by atoms with E-state index in [-0.39, 0.29) is 17.8 Å². The topological polar surface area (TPSA) is 94.0 Å². The van der Waals surface area contributed by atoms with E-state index in [1.54, 1.807) is 12.1 Å². The molecular formula is C11H16N4O. The van der Waals surface area contributed by atoms with Gasteiger partial charge >= 0.3 is 0 Å². The third kappa shape index (κ3) is 2.30. The molecule has 0 aliphatic heterocycles. The number of anilines is 1. The minimum atomic E-state index is -0.514. The molecule has 5 heteroatoms. The molecule has 1 heterocycles. The molecule has 2 rings (SSSR count). The monoisotopic (exact) mass is 220 g/mol. The summed E-state index contributed by atoms with van der Waals surface area (Å²) < 4.78 is 0. The van der Waals surface area contributed by atoms with E-state index >= 15 is 0 Å². The van der Waals surface area contributed by atoms with Gasteiger partial charge in [0.25, 0.3) is 5.91 Å². The van der Waals surface area contributed by atoms with Crippen molar-refractivity contribution in [3.05, 3.63) is 23.9 Å². The number of aromatic nitrogens is 1. The van der Waals surface area contributed by atoms with E-state index < -0.39 is 5.91 Å². The summed E-state index contributed by atoms with van der Waals surface area (Å²) in [6.07, 6.45) is 3.21. The number of rotatable bonds is 3. The van der Waals surface area contributed by atoms with Crippen molar-refractivity contribution in [2.75, 3.05) is 5.32 Å². The summed E-state index contributed by atoms with van der Waals surface area (Å²) in [5.41, 5.74) is 11.4. The van der Waals surface area contributed by atoms with Gasteiger partial charge in [0, 0.05) is 12.1 Å². The fourth-order valence-corrected chi connectivity index (χ4v) is 2.01. The molecule has 1 amide bonds. The molecule has 2 unspecified atom stereocenters. The van der Waals surface area contributed by atoms with Crippen LogP contribution in [0.1, 0.15) is 29.8 Å². The summed E-state index contributed by atoms with van der Waals surface area (Å²) >= 11 is 0. The summed E-state index contributed by atoms with van der Waals surface area (Å²) in [6.45, 7) is 0. The van der Waals surface area contributed by atoms with Crippen LogP contribution in [0, 0.1) is 0 Å². The highest BCUT2D eigenvalue weighted by molar-refractivity contribution is 5.91. The molecule has 0 radical (unpaired) electrons. The first-order chi connectivity index (χ1) is 7.66. The van der Waals surface area contributed by atoms with Gasteiger partial charge in [-0.2, -0.15) is 0 Å². The summed E-state index contributed by atoms with van der Waals surface area (Å²) in [6, 6.07) is 5.59. The first kappa shape index (κ1) is 10.9. The van der Waals surface area contributed by atoms with Gasteiger partial charge in [0.2, 0.25) is 0 Å². The van der Waals surface area contributed by atoms with E-state index in [1.165, 1.54) is 0 Å². The molecule has 16 heavy (non-hydrogen) atoms. The van der Waals surface area contributed by atoms with Crippen LogP contribution >= 0.6 is 0 Å². The van der Waals surface area contributed by atoms with Crippen LogP contribution in [-0.2, 0) is 0 Å². The molecule has 86 valence electrons. The molecule has 1 saturated carbocycles. The first-order valence-electron chi connectivity index (χ1n) is 5.46. The number of primary amides is 1. The summed E-state index contributed by atoms with van der Waals surface area (Å²) in [7, 11) is 0. The van der Waals surface area contributed by atoms with Crippen LogP contribution in [0.25, 0.3) is 0 Å². The lowest BCUT2D eigenvalue weighted by Gasteiger charge is -2.17. The predicted molar refractivity (Wildman–Crippen MR) is 62.0 cm³/mol. The maximum atomic E-state index is 11.0. The molecule has 1 aromatic rings. The van der Waals surface area contributed by atoms with Gasteiger partial charge in [-0.1, -0.05) is 6.07 Å². The van der Waals surface area contributed by atoms with Gasteiger partial charge in [0.05, 0.1) is 0 Å². The largest absolute Gasteiger partial charge is 0.366 e. The Balaban J connectivity index is 2.09. The number of carbonyl (C=O) groups excluding carboxylic acids is 1. The number of hydrogen-bond donors (Lipinski definition) is 3. The maximum Gasteiger partial charge on any atom is 0.267 e. The smallest absolute Gasteiger partial charge is 0.267 e. The lowest BCUT2D eigenvalue weighted by atomic mass is 10.2. The number of carbonyl (C=O) groups is 1. The van der Waals surface area contributed by atoms with E-state index in [0.29, 0.717) is 5.82 Å². The van der Waals surface area contributed by atoms with Gasteiger partial charge in [0.1, 0.15) is 11.5 Å². The zero-order valence-electron chi connectivity index (χ0n) is 9.02. The second-order valence-electron chi connectivity index (χ2n) is 4.12. The van der Waals surface area contributed by atoms with Gasteiger partial charge in [-0.3, -0.25) is 4.79 Å². The normalized spacial score (nSPS) is 24.3. The summed E-state index contributed by atoms with van der Waals surface area (Å²) in [4.78, 5) is 15.1. The number of nitrogens with zero attached hydrogens (tertiary/aromatic N) is 1. The molecule has 0 spiro atoms. The SMILES string of the molecule is NC(=O)c1cccc(NC2CCCC2N)n1. The van der Waals surface area contributed by atoms with Crippen LogP contribution in [0.3, 0.4) is 0 Å². The Morgan fingerprint density at radius 3 is 2.88 bits per heavy atom. The van der Waals surface area contributed by atoms with Crippen molar-refractivity contribution >= 4 is 11.7 Å². The summed E-state index contributed by atoms with van der Waals surface area (Å²) in [5, 5.41) is 3.24. The Hall–Kier alpha value is -1.62. The second kappa shape index (κ2) is 4.49. The Morgan fingerprint density at radius 1 is 1.44 bits per heavy atom. The van der Waals surface area contributed by atoms with Crippen LogP contribution in [0.5, 0.6) is 0 Å². The average molecular weight is 220 g/mol. The quantitative estimate of drug-likeness (QED) is 0.690. The van der Waals surface area contributed by atoms with Crippen molar-refractivity contribution in [3.63, 3.8) is 0 Å². The van der Waals surface area contributed by atoms with E-state index in [9.17, 15) is 4.79 Å². The Kier molecular flexibility index (Phi) is 3.05. The zero-order valence-corrected chi connectivity index (χ0v) is 9.02. The highest BCUT2D eigenvalue weighted by atomic mass is 16.1. The van der Waals surface area contributed by atoms with Gasteiger partial charge < -0.3 is 16.8 Å². The Bertz CT molecular complexity index is 393. The van der Waals surface area contributed by atoms with Crippen molar-refractivity contribution in [2.45, 2.75) is 31.3 Å². The highest BCUT2D eigenvalue weighted by Crippen LogP contribution is 2.20. The lowest BCUT2D eigenvalue weighted by Crippen LogP contribution is -2.35. The van der Waals surface area contributed by atoms with Crippen molar-refractivity contribution in [2.24, 2.45) is 11.5 Å². The minimum Gasteiger partial charge on any atom is -0.366 e. The second-order valence-corrected chi connectivity index (χ2v) is 4.12. The fourth-order valence-electron chi connectivity index (χ4n) is 2.01. The lowest BCUT2D eigenvalue weighted by molar-refractivity contribution is 0.0995. The van der Waals surface area contributed by atoms with E-state index in [0.717, 1.165) is 19.3 Å².